The molecule has 28 heavy (non-hydrogen) atoms. The van der Waals surface area contributed by atoms with Crippen LogP contribution in [0.2, 0.25) is 0 Å². The van der Waals surface area contributed by atoms with Crippen LogP contribution in [0.3, 0.4) is 0 Å². The smallest absolute Gasteiger partial charge is 0.260 e. The van der Waals surface area contributed by atoms with E-state index in [4.69, 9.17) is 14.2 Å². The van der Waals surface area contributed by atoms with Crippen LogP contribution in [0, 0.1) is 0 Å². The van der Waals surface area contributed by atoms with Crippen molar-refractivity contribution >= 4 is 16.7 Å². The molecule has 0 aliphatic carbocycles. The molecule has 0 aliphatic rings. The molecule has 0 radical (unpaired) electrons. The first-order valence-electron chi connectivity index (χ1n) is 9.25. The Morgan fingerprint density at radius 2 is 1.68 bits per heavy atom. The van der Waals surface area contributed by atoms with Gasteiger partial charge in [0.2, 0.25) is 0 Å². The van der Waals surface area contributed by atoms with Crippen LogP contribution in [0.25, 0.3) is 10.8 Å². The minimum Gasteiger partial charge on any atom is -0.493 e. The fourth-order valence-electron chi connectivity index (χ4n) is 3.01. The highest BCUT2D eigenvalue weighted by atomic mass is 16.5. The van der Waals surface area contributed by atoms with Gasteiger partial charge in [-0.05, 0) is 53.9 Å². The minimum absolute atomic E-state index is 0.145. The normalized spacial score (nSPS) is 11.7. The molecule has 5 nitrogen and oxygen atoms in total. The van der Waals surface area contributed by atoms with Crippen molar-refractivity contribution < 1.29 is 19.0 Å². The van der Waals surface area contributed by atoms with Crippen LogP contribution >= 0.6 is 0 Å². The molecular formula is C23H25NO4. The Bertz CT molecular complexity index is 954. The summed E-state index contributed by atoms with van der Waals surface area (Å²) >= 11 is 0. The molecule has 0 fully saturated rings. The summed E-state index contributed by atoms with van der Waals surface area (Å²) in [5, 5.41) is 5.14. The number of benzene rings is 3. The number of rotatable bonds is 8. The van der Waals surface area contributed by atoms with Gasteiger partial charge in [0.25, 0.3) is 5.91 Å². The van der Waals surface area contributed by atoms with Crippen LogP contribution in [0.4, 0.5) is 0 Å². The van der Waals surface area contributed by atoms with E-state index in [1.165, 1.54) is 0 Å². The van der Waals surface area contributed by atoms with Crippen LogP contribution in [-0.2, 0) is 11.2 Å². The quantitative estimate of drug-likeness (QED) is 0.643. The van der Waals surface area contributed by atoms with Crippen molar-refractivity contribution in [3.05, 3.63) is 66.2 Å². The van der Waals surface area contributed by atoms with E-state index in [0.717, 1.165) is 16.3 Å². The van der Waals surface area contributed by atoms with Crippen molar-refractivity contribution in [3.8, 4) is 17.2 Å². The van der Waals surface area contributed by atoms with Gasteiger partial charge in [-0.15, -0.1) is 0 Å². The predicted molar refractivity (Wildman–Crippen MR) is 110 cm³/mol. The Morgan fingerprint density at radius 3 is 2.43 bits per heavy atom. The summed E-state index contributed by atoms with van der Waals surface area (Å²) in [6, 6.07) is 19.6. The average molecular weight is 379 g/mol. The lowest BCUT2D eigenvalue weighted by molar-refractivity contribution is -0.127. The third kappa shape index (κ3) is 4.74. The molecular weight excluding hydrogens is 354 g/mol. The number of methoxy groups -OCH3 is 2. The van der Waals surface area contributed by atoms with Gasteiger partial charge in [0.05, 0.1) is 14.2 Å². The standard InChI is InChI=1S/C23H25NO4/c1-16(28-20-10-9-18-6-4-5-7-19(18)15-20)23(25)24-13-12-17-8-11-21(26-2)22(14-17)27-3/h4-11,14-16H,12-13H2,1-3H3,(H,24,25)/t16-/m0/s1. The highest BCUT2D eigenvalue weighted by Crippen LogP contribution is 2.27. The topological polar surface area (TPSA) is 56.8 Å². The number of nitrogens with one attached hydrogen (secondary N) is 1. The van der Waals surface area contributed by atoms with Crippen molar-refractivity contribution in [2.45, 2.75) is 19.4 Å². The lowest BCUT2D eigenvalue weighted by Gasteiger charge is -2.15. The van der Waals surface area contributed by atoms with Crippen LogP contribution in [0.5, 0.6) is 17.2 Å². The monoisotopic (exact) mass is 379 g/mol. The fourth-order valence-corrected chi connectivity index (χ4v) is 3.01. The van der Waals surface area contributed by atoms with E-state index in [1.807, 2.05) is 60.7 Å². The second-order valence-corrected chi connectivity index (χ2v) is 6.50. The van der Waals surface area contributed by atoms with E-state index in [9.17, 15) is 4.79 Å². The van der Waals surface area contributed by atoms with E-state index in [-0.39, 0.29) is 5.91 Å². The molecule has 0 saturated heterocycles. The van der Waals surface area contributed by atoms with Crippen LogP contribution in [-0.4, -0.2) is 32.8 Å². The third-order valence-electron chi connectivity index (χ3n) is 4.56. The Kier molecular flexibility index (Phi) is 6.37. The SMILES string of the molecule is COc1ccc(CCNC(=O)[C@H](C)Oc2ccc3ccccc3c2)cc1OC. The van der Waals surface area contributed by atoms with Gasteiger partial charge in [0.15, 0.2) is 17.6 Å². The van der Waals surface area contributed by atoms with Crippen molar-refractivity contribution in [1.82, 2.24) is 5.32 Å². The Balaban J connectivity index is 1.52. The van der Waals surface area contributed by atoms with E-state index >= 15 is 0 Å². The number of amides is 1. The molecule has 0 aliphatic heterocycles. The maximum absolute atomic E-state index is 12.3. The van der Waals surface area contributed by atoms with Gasteiger partial charge >= 0.3 is 0 Å². The molecule has 146 valence electrons. The molecule has 5 heteroatoms. The maximum Gasteiger partial charge on any atom is 0.260 e. The van der Waals surface area contributed by atoms with Crippen molar-refractivity contribution in [3.63, 3.8) is 0 Å². The van der Waals surface area contributed by atoms with Crippen molar-refractivity contribution in [1.29, 1.82) is 0 Å². The molecule has 1 atom stereocenters. The van der Waals surface area contributed by atoms with E-state index in [0.29, 0.717) is 30.2 Å². The van der Waals surface area contributed by atoms with Gasteiger partial charge in [-0.2, -0.15) is 0 Å². The molecule has 3 rings (SSSR count). The summed E-state index contributed by atoms with van der Waals surface area (Å²) in [5.41, 5.74) is 1.06. The summed E-state index contributed by atoms with van der Waals surface area (Å²) in [5.74, 6) is 1.90. The van der Waals surface area contributed by atoms with Crippen molar-refractivity contribution in [2.24, 2.45) is 0 Å². The summed E-state index contributed by atoms with van der Waals surface area (Å²) in [6.45, 7) is 2.26. The number of carbonyl (C=O) groups excluding carboxylic acids is 1. The molecule has 0 aromatic heterocycles. The zero-order valence-corrected chi connectivity index (χ0v) is 16.4. The summed E-state index contributed by atoms with van der Waals surface area (Å²) in [7, 11) is 3.21. The van der Waals surface area contributed by atoms with Gasteiger partial charge in [0, 0.05) is 6.54 Å². The second-order valence-electron chi connectivity index (χ2n) is 6.50. The molecule has 0 spiro atoms. The summed E-state index contributed by atoms with van der Waals surface area (Å²) < 4.78 is 16.3. The number of hydrogen-bond donors (Lipinski definition) is 1. The molecule has 0 bridgehead atoms. The first-order valence-corrected chi connectivity index (χ1v) is 9.25. The van der Waals surface area contributed by atoms with Gasteiger partial charge < -0.3 is 19.5 Å². The fraction of sp³-hybridized carbons (Fsp3) is 0.261. The van der Waals surface area contributed by atoms with Crippen LogP contribution in [0.15, 0.2) is 60.7 Å². The van der Waals surface area contributed by atoms with E-state index < -0.39 is 6.10 Å². The highest BCUT2D eigenvalue weighted by molar-refractivity contribution is 5.84. The van der Waals surface area contributed by atoms with E-state index in [1.54, 1.807) is 21.1 Å². The van der Waals surface area contributed by atoms with Crippen molar-refractivity contribution in [2.75, 3.05) is 20.8 Å². The summed E-state index contributed by atoms with van der Waals surface area (Å²) in [4.78, 5) is 12.3. The zero-order chi connectivity index (χ0) is 19.9. The maximum atomic E-state index is 12.3. The van der Waals surface area contributed by atoms with E-state index in [2.05, 4.69) is 5.32 Å². The third-order valence-corrected chi connectivity index (χ3v) is 4.56. The molecule has 0 heterocycles. The second kappa shape index (κ2) is 9.13. The first-order chi connectivity index (χ1) is 13.6. The molecule has 3 aromatic carbocycles. The average Bonchev–Trinajstić information content (AvgIpc) is 2.73. The van der Waals surface area contributed by atoms with Gasteiger partial charge in [-0.25, -0.2) is 0 Å². The van der Waals surface area contributed by atoms with Gasteiger partial charge in [-0.3, -0.25) is 4.79 Å². The Morgan fingerprint density at radius 1 is 0.929 bits per heavy atom. The lowest BCUT2D eigenvalue weighted by atomic mass is 10.1. The first kappa shape index (κ1) is 19.5. The largest absolute Gasteiger partial charge is 0.493 e. The van der Waals surface area contributed by atoms with Crippen LogP contribution in [0.1, 0.15) is 12.5 Å². The van der Waals surface area contributed by atoms with Crippen LogP contribution < -0.4 is 19.5 Å². The number of carbonyl (C=O) groups is 1. The molecule has 0 saturated carbocycles. The number of fused-ring (bicyclic) bond motifs is 1. The number of ether oxygens (including phenoxy) is 3. The van der Waals surface area contributed by atoms with Gasteiger partial charge in [0.1, 0.15) is 5.75 Å². The lowest BCUT2D eigenvalue weighted by Crippen LogP contribution is -2.37. The zero-order valence-electron chi connectivity index (χ0n) is 16.4. The number of hydrogen-bond acceptors (Lipinski definition) is 4. The molecule has 1 N–H and O–H groups in total. The molecule has 3 aromatic rings. The Labute approximate surface area is 165 Å². The molecule has 0 unspecified atom stereocenters. The predicted octanol–water partition coefficient (Wildman–Crippen LogP) is 3.98. The summed E-state index contributed by atoms with van der Waals surface area (Å²) in [6.07, 6.45) is 0.112. The minimum atomic E-state index is -0.577. The molecule has 1 amide bonds. The highest BCUT2D eigenvalue weighted by Gasteiger charge is 2.14. The van der Waals surface area contributed by atoms with Gasteiger partial charge in [-0.1, -0.05) is 36.4 Å². The Hall–Kier alpha value is -3.21.